The molecule has 0 heterocycles. The van der Waals surface area contributed by atoms with Gasteiger partial charge in [0, 0.05) is 17.1 Å². The molecule has 0 aliphatic carbocycles. The molecule has 0 saturated carbocycles. The van der Waals surface area contributed by atoms with Crippen LogP contribution in [0.2, 0.25) is 10.0 Å². The van der Waals surface area contributed by atoms with Crippen LogP contribution in [0.5, 0.6) is 11.5 Å². The number of hydrogen-bond acceptors (Lipinski definition) is 4. The summed E-state index contributed by atoms with van der Waals surface area (Å²) in [6.07, 6.45) is 0. The van der Waals surface area contributed by atoms with Crippen molar-refractivity contribution in [2.75, 3.05) is 26.1 Å². The minimum atomic E-state index is -0.200. The summed E-state index contributed by atoms with van der Waals surface area (Å²) in [6, 6.07) is 10.9. The van der Waals surface area contributed by atoms with E-state index in [1.165, 1.54) is 14.2 Å². The van der Waals surface area contributed by atoms with Gasteiger partial charge < -0.3 is 20.1 Å². The van der Waals surface area contributed by atoms with Crippen LogP contribution in [-0.4, -0.2) is 26.7 Å². The van der Waals surface area contributed by atoms with Crippen LogP contribution >= 0.6 is 23.2 Å². The van der Waals surface area contributed by atoms with Gasteiger partial charge in [0.25, 0.3) is 0 Å². The van der Waals surface area contributed by atoms with Crippen molar-refractivity contribution >= 4 is 34.8 Å². The number of carbonyl (C=O) groups excluding carboxylic acids is 1. The molecule has 0 aliphatic heterocycles. The molecule has 2 rings (SSSR count). The minimum Gasteiger partial charge on any atom is -0.495 e. The maximum absolute atomic E-state index is 12.4. The molecule has 0 spiro atoms. The Morgan fingerprint density at radius 2 is 1.67 bits per heavy atom. The van der Waals surface area contributed by atoms with Crippen LogP contribution in [0.4, 0.5) is 5.69 Å². The molecular weight excluding hydrogens is 387 g/mol. The first kappa shape index (κ1) is 21.4. The Hall–Kier alpha value is -1.95. The molecule has 146 valence electrons. The summed E-state index contributed by atoms with van der Waals surface area (Å²) in [4.78, 5) is 12.4. The molecule has 27 heavy (non-hydrogen) atoms. The molecule has 7 heteroatoms. The van der Waals surface area contributed by atoms with Crippen molar-refractivity contribution in [2.45, 2.75) is 19.9 Å². The molecule has 1 atom stereocenters. The van der Waals surface area contributed by atoms with Crippen molar-refractivity contribution in [1.29, 1.82) is 0 Å². The standard InChI is InChI=1S/C20H24Cl2N2O3/c1-12(2)20(13-5-7-14(21)8-6-13)23-11-19(25)24-16-9-15(22)17(26-3)10-18(16)27-4/h5-10,12,20,23H,11H2,1-4H3,(H,24,25). The third-order valence-electron chi connectivity index (χ3n) is 4.13. The third kappa shape index (κ3) is 5.76. The molecule has 0 bridgehead atoms. The van der Waals surface area contributed by atoms with Gasteiger partial charge in [0.15, 0.2) is 0 Å². The SMILES string of the molecule is COc1cc(OC)c(NC(=O)CNC(c2ccc(Cl)cc2)C(C)C)cc1Cl. The zero-order valence-electron chi connectivity index (χ0n) is 15.8. The van der Waals surface area contributed by atoms with Gasteiger partial charge in [0.05, 0.1) is 31.5 Å². The second-order valence-electron chi connectivity index (χ2n) is 6.39. The fourth-order valence-electron chi connectivity index (χ4n) is 2.76. The minimum absolute atomic E-state index is 0.0226. The first-order valence-electron chi connectivity index (χ1n) is 8.56. The van der Waals surface area contributed by atoms with Crippen molar-refractivity contribution in [1.82, 2.24) is 5.32 Å². The van der Waals surface area contributed by atoms with Gasteiger partial charge in [-0.25, -0.2) is 0 Å². The van der Waals surface area contributed by atoms with Crippen LogP contribution in [0.15, 0.2) is 36.4 Å². The van der Waals surface area contributed by atoms with Crippen LogP contribution in [0.1, 0.15) is 25.5 Å². The quantitative estimate of drug-likeness (QED) is 0.646. The van der Waals surface area contributed by atoms with Crippen LogP contribution in [-0.2, 0) is 4.79 Å². The van der Waals surface area contributed by atoms with E-state index in [0.717, 1.165) is 5.56 Å². The molecule has 1 unspecified atom stereocenters. The van der Waals surface area contributed by atoms with Gasteiger partial charge >= 0.3 is 0 Å². The number of carbonyl (C=O) groups is 1. The summed E-state index contributed by atoms with van der Waals surface area (Å²) in [6.45, 7) is 4.32. The first-order chi connectivity index (χ1) is 12.8. The van der Waals surface area contributed by atoms with Crippen molar-refractivity contribution in [3.05, 3.63) is 52.0 Å². The second kappa shape index (κ2) is 9.83. The van der Waals surface area contributed by atoms with Crippen LogP contribution < -0.4 is 20.1 Å². The molecule has 2 N–H and O–H groups in total. The van der Waals surface area contributed by atoms with Gasteiger partial charge in [-0.15, -0.1) is 0 Å². The van der Waals surface area contributed by atoms with Gasteiger partial charge in [0.1, 0.15) is 11.5 Å². The van der Waals surface area contributed by atoms with Crippen molar-refractivity contribution < 1.29 is 14.3 Å². The molecule has 0 aromatic heterocycles. The predicted octanol–water partition coefficient (Wildman–Crippen LogP) is 4.94. The van der Waals surface area contributed by atoms with Crippen LogP contribution in [0, 0.1) is 5.92 Å². The van der Waals surface area contributed by atoms with E-state index in [1.54, 1.807) is 12.1 Å². The van der Waals surface area contributed by atoms with Crippen molar-refractivity contribution in [3.8, 4) is 11.5 Å². The van der Waals surface area contributed by atoms with E-state index in [2.05, 4.69) is 24.5 Å². The second-order valence-corrected chi connectivity index (χ2v) is 7.23. The van der Waals surface area contributed by atoms with Crippen molar-refractivity contribution in [2.24, 2.45) is 5.92 Å². The molecule has 0 radical (unpaired) electrons. The Kier molecular flexibility index (Phi) is 7.78. The van der Waals surface area contributed by atoms with Gasteiger partial charge in [-0.1, -0.05) is 49.2 Å². The lowest BCUT2D eigenvalue weighted by atomic mass is 9.96. The Balaban J connectivity index is 2.06. The van der Waals surface area contributed by atoms with E-state index in [4.69, 9.17) is 32.7 Å². The van der Waals surface area contributed by atoms with Crippen LogP contribution in [0.3, 0.4) is 0 Å². The number of benzene rings is 2. The lowest BCUT2D eigenvalue weighted by molar-refractivity contribution is -0.115. The number of ether oxygens (including phenoxy) is 2. The van der Waals surface area contributed by atoms with Gasteiger partial charge in [-0.3, -0.25) is 4.79 Å². The lowest BCUT2D eigenvalue weighted by Gasteiger charge is -2.23. The Labute approximate surface area is 170 Å². The maximum atomic E-state index is 12.4. The van der Waals surface area contributed by atoms with E-state index >= 15 is 0 Å². The lowest BCUT2D eigenvalue weighted by Crippen LogP contribution is -2.33. The van der Waals surface area contributed by atoms with E-state index in [9.17, 15) is 4.79 Å². The summed E-state index contributed by atoms with van der Waals surface area (Å²) in [7, 11) is 3.04. The van der Waals surface area contributed by atoms with Crippen LogP contribution in [0.25, 0.3) is 0 Å². The molecule has 2 aromatic carbocycles. The number of rotatable bonds is 8. The van der Waals surface area contributed by atoms with E-state index in [-0.39, 0.29) is 18.5 Å². The Bertz CT molecular complexity index is 780. The van der Waals surface area contributed by atoms with E-state index in [1.807, 2.05) is 24.3 Å². The van der Waals surface area contributed by atoms with Crippen molar-refractivity contribution in [3.63, 3.8) is 0 Å². The molecule has 1 amide bonds. The highest BCUT2D eigenvalue weighted by molar-refractivity contribution is 6.32. The monoisotopic (exact) mass is 410 g/mol. The average molecular weight is 411 g/mol. The van der Waals surface area contributed by atoms with Gasteiger partial charge in [-0.05, 0) is 29.7 Å². The number of anilines is 1. The number of hydrogen-bond donors (Lipinski definition) is 2. The molecular formula is C20H24Cl2N2O3. The van der Waals surface area contributed by atoms with E-state index < -0.39 is 0 Å². The summed E-state index contributed by atoms with van der Waals surface area (Å²) >= 11 is 12.1. The molecule has 0 fully saturated rings. The Morgan fingerprint density at radius 1 is 1.04 bits per heavy atom. The highest BCUT2D eigenvalue weighted by Crippen LogP contribution is 2.35. The molecule has 2 aromatic rings. The summed E-state index contributed by atoms with van der Waals surface area (Å²) in [5.74, 6) is 1.05. The number of nitrogens with one attached hydrogen (secondary N) is 2. The first-order valence-corrected chi connectivity index (χ1v) is 9.31. The maximum Gasteiger partial charge on any atom is 0.238 e. The topological polar surface area (TPSA) is 59.6 Å². The van der Waals surface area contributed by atoms with E-state index in [0.29, 0.717) is 33.1 Å². The fraction of sp³-hybridized carbons (Fsp3) is 0.350. The normalized spacial score (nSPS) is 12.0. The molecule has 0 aliphatic rings. The van der Waals surface area contributed by atoms with Gasteiger partial charge in [0.2, 0.25) is 5.91 Å². The Morgan fingerprint density at radius 3 is 2.22 bits per heavy atom. The number of methoxy groups -OCH3 is 2. The highest BCUT2D eigenvalue weighted by atomic mass is 35.5. The summed E-state index contributed by atoms with van der Waals surface area (Å²) < 4.78 is 10.5. The zero-order valence-corrected chi connectivity index (χ0v) is 17.3. The highest BCUT2D eigenvalue weighted by Gasteiger charge is 2.18. The zero-order chi connectivity index (χ0) is 20.0. The molecule has 0 saturated heterocycles. The third-order valence-corrected chi connectivity index (χ3v) is 4.67. The summed E-state index contributed by atoms with van der Waals surface area (Å²) in [5, 5.41) is 7.19. The average Bonchev–Trinajstić information content (AvgIpc) is 2.63. The number of halogens is 2. The smallest absolute Gasteiger partial charge is 0.238 e. The molecule has 5 nitrogen and oxygen atoms in total. The summed E-state index contributed by atoms with van der Waals surface area (Å²) in [5.41, 5.74) is 1.56. The van der Waals surface area contributed by atoms with Gasteiger partial charge in [-0.2, -0.15) is 0 Å². The predicted molar refractivity (Wildman–Crippen MR) is 110 cm³/mol. The fourth-order valence-corrected chi connectivity index (χ4v) is 3.13. The number of amides is 1. The largest absolute Gasteiger partial charge is 0.495 e.